The summed E-state index contributed by atoms with van der Waals surface area (Å²) in [6.45, 7) is 5.46. The van der Waals surface area contributed by atoms with Gasteiger partial charge in [-0.3, -0.25) is 4.79 Å². The largest absolute Gasteiger partial charge is 0.383 e. The molecule has 0 aliphatic carbocycles. The lowest BCUT2D eigenvalue weighted by Crippen LogP contribution is -2.34. The minimum atomic E-state index is 0.193. The summed E-state index contributed by atoms with van der Waals surface area (Å²) in [5.74, 6) is 0.926. The normalized spacial score (nSPS) is 16.8. The second kappa shape index (κ2) is 10.2. The van der Waals surface area contributed by atoms with E-state index in [1.54, 1.807) is 7.11 Å². The molecule has 19 heavy (non-hydrogen) atoms. The fraction of sp³-hybridized carbons (Fsp3) is 0.929. The number of likely N-dealkylation sites (N-methyl/N-ethyl adjacent to an activating group) is 1. The van der Waals surface area contributed by atoms with E-state index in [1.807, 2.05) is 7.05 Å². The highest BCUT2D eigenvalue weighted by molar-refractivity contribution is 5.75. The molecule has 5 nitrogen and oxygen atoms in total. The van der Waals surface area contributed by atoms with Crippen LogP contribution in [0.25, 0.3) is 0 Å². The summed E-state index contributed by atoms with van der Waals surface area (Å²) < 4.78 is 5.01. The Morgan fingerprint density at radius 1 is 1.37 bits per heavy atom. The Bertz CT molecular complexity index is 243. The molecule has 0 unspecified atom stereocenters. The number of ether oxygens (including phenoxy) is 1. The van der Waals surface area contributed by atoms with Crippen LogP contribution in [0.2, 0.25) is 0 Å². The maximum atomic E-state index is 11.7. The molecule has 1 fully saturated rings. The summed E-state index contributed by atoms with van der Waals surface area (Å²) in [4.78, 5) is 13.9. The van der Waals surface area contributed by atoms with Crippen LogP contribution in [0.15, 0.2) is 0 Å². The summed E-state index contributed by atoms with van der Waals surface area (Å²) in [5.41, 5.74) is 0. The quantitative estimate of drug-likeness (QED) is 0.640. The Labute approximate surface area is 117 Å². The molecule has 1 aliphatic rings. The third-order valence-electron chi connectivity index (χ3n) is 3.73. The number of carbonyl (C=O) groups is 1. The van der Waals surface area contributed by atoms with Gasteiger partial charge in [0.1, 0.15) is 0 Å². The highest BCUT2D eigenvalue weighted by atomic mass is 16.5. The topological polar surface area (TPSA) is 53.6 Å². The highest BCUT2D eigenvalue weighted by Gasteiger charge is 2.14. The lowest BCUT2D eigenvalue weighted by molar-refractivity contribution is -0.121. The van der Waals surface area contributed by atoms with Crippen LogP contribution in [0.5, 0.6) is 0 Å². The molecular weight excluding hydrogens is 242 g/mol. The monoisotopic (exact) mass is 271 g/mol. The molecule has 5 heteroatoms. The van der Waals surface area contributed by atoms with Gasteiger partial charge in [0.15, 0.2) is 0 Å². The molecule has 0 bridgehead atoms. The van der Waals surface area contributed by atoms with Crippen LogP contribution in [-0.2, 0) is 9.53 Å². The van der Waals surface area contributed by atoms with Crippen molar-refractivity contribution in [3.8, 4) is 0 Å². The van der Waals surface area contributed by atoms with E-state index in [0.717, 1.165) is 51.7 Å². The van der Waals surface area contributed by atoms with E-state index in [1.165, 1.54) is 12.8 Å². The zero-order chi connectivity index (χ0) is 13.9. The van der Waals surface area contributed by atoms with Gasteiger partial charge in [-0.1, -0.05) is 0 Å². The number of nitrogens with zero attached hydrogens (tertiary/aromatic N) is 1. The van der Waals surface area contributed by atoms with E-state index in [0.29, 0.717) is 6.42 Å². The number of piperidine rings is 1. The first-order chi connectivity index (χ1) is 9.22. The maximum Gasteiger partial charge on any atom is 0.220 e. The number of nitrogens with one attached hydrogen (secondary N) is 2. The molecule has 0 radical (unpaired) electrons. The van der Waals surface area contributed by atoms with Gasteiger partial charge in [0.2, 0.25) is 5.91 Å². The van der Waals surface area contributed by atoms with Crippen molar-refractivity contribution < 1.29 is 9.53 Å². The maximum absolute atomic E-state index is 11.7. The molecule has 2 N–H and O–H groups in total. The van der Waals surface area contributed by atoms with Crippen LogP contribution in [0, 0.1) is 5.92 Å². The van der Waals surface area contributed by atoms with E-state index in [-0.39, 0.29) is 5.91 Å². The van der Waals surface area contributed by atoms with Crippen molar-refractivity contribution >= 4 is 5.91 Å². The van der Waals surface area contributed by atoms with Crippen LogP contribution in [0.1, 0.15) is 25.7 Å². The van der Waals surface area contributed by atoms with Crippen molar-refractivity contribution in [2.45, 2.75) is 25.7 Å². The van der Waals surface area contributed by atoms with Gasteiger partial charge in [-0.25, -0.2) is 0 Å². The van der Waals surface area contributed by atoms with Gasteiger partial charge < -0.3 is 20.3 Å². The molecule has 1 rings (SSSR count). The Kier molecular flexibility index (Phi) is 8.79. The number of hydrogen-bond acceptors (Lipinski definition) is 4. The number of methoxy groups -OCH3 is 1. The van der Waals surface area contributed by atoms with Gasteiger partial charge in [-0.2, -0.15) is 0 Å². The SMILES string of the molecule is COCCN(C)CCNC(=O)CCC1CCNCC1. The summed E-state index contributed by atoms with van der Waals surface area (Å²) in [7, 11) is 3.75. The van der Waals surface area contributed by atoms with Gasteiger partial charge >= 0.3 is 0 Å². The Hall–Kier alpha value is -0.650. The standard InChI is InChI=1S/C14H29N3O2/c1-17(11-12-19-2)10-9-16-14(18)4-3-13-5-7-15-8-6-13/h13,15H,3-12H2,1-2H3,(H,16,18). The average Bonchev–Trinajstić information content (AvgIpc) is 2.44. The fourth-order valence-electron chi connectivity index (χ4n) is 2.34. The summed E-state index contributed by atoms with van der Waals surface area (Å²) in [6.07, 6.45) is 4.14. The zero-order valence-corrected chi connectivity index (χ0v) is 12.4. The van der Waals surface area contributed by atoms with Crippen molar-refractivity contribution in [1.29, 1.82) is 0 Å². The van der Waals surface area contributed by atoms with Crippen molar-refractivity contribution in [2.24, 2.45) is 5.92 Å². The van der Waals surface area contributed by atoms with Gasteiger partial charge in [0.25, 0.3) is 0 Å². The lowest BCUT2D eigenvalue weighted by Gasteiger charge is -2.22. The van der Waals surface area contributed by atoms with Crippen LogP contribution >= 0.6 is 0 Å². The van der Waals surface area contributed by atoms with E-state index < -0.39 is 0 Å². The summed E-state index contributed by atoms with van der Waals surface area (Å²) in [6, 6.07) is 0. The van der Waals surface area contributed by atoms with Crippen molar-refractivity contribution in [3.05, 3.63) is 0 Å². The molecular formula is C14H29N3O2. The first kappa shape index (κ1) is 16.4. The van der Waals surface area contributed by atoms with Gasteiger partial charge in [0, 0.05) is 33.2 Å². The van der Waals surface area contributed by atoms with E-state index >= 15 is 0 Å². The van der Waals surface area contributed by atoms with Crippen LogP contribution in [0.3, 0.4) is 0 Å². The van der Waals surface area contributed by atoms with Crippen LogP contribution in [-0.4, -0.2) is 64.3 Å². The predicted molar refractivity (Wildman–Crippen MR) is 77.2 cm³/mol. The smallest absolute Gasteiger partial charge is 0.220 e. The number of carbonyl (C=O) groups excluding carboxylic acids is 1. The second-order valence-electron chi connectivity index (χ2n) is 5.38. The van der Waals surface area contributed by atoms with Crippen molar-refractivity contribution in [1.82, 2.24) is 15.5 Å². The fourth-order valence-corrected chi connectivity index (χ4v) is 2.34. The third kappa shape index (κ3) is 8.18. The summed E-state index contributed by atoms with van der Waals surface area (Å²) in [5, 5.41) is 6.34. The zero-order valence-electron chi connectivity index (χ0n) is 12.4. The number of hydrogen-bond donors (Lipinski definition) is 2. The Balaban J connectivity index is 1.98. The number of amides is 1. The third-order valence-corrected chi connectivity index (χ3v) is 3.73. The molecule has 0 aromatic carbocycles. The van der Waals surface area contributed by atoms with Crippen LogP contribution in [0.4, 0.5) is 0 Å². The molecule has 0 aromatic rings. The molecule has 1 amide bonds. The molecule has 0 saturated carbocycles. The Morgan fingerprint density at radius 2 is 2.11 bits per heavy atom. The minimum absolute atomic E-state index is 0.193. The van der Waals surface area contributed by atoms with E-state index in [2.05, 4.69) is 15.5 Å². The molecule has 0 atom stereocenters. The van der Waals surface area contributed by atoms with Crippen molar-refractivity contribution in [2.75, 3.05) is 53.5 Å². The van der Waals surface area contributed by atoms with Crippen molar-refractivity contribution in [3.63, 3.8) is 0 Å². The van der Waals surface area contributed by atoms with Crippen LogP contribution < -0.4 is 10.6 Å². The average molecular weight is 271 g/mol. The molecule has 112 valence electrons. The molecule has 0 spiro atoms. The first-order valence-electron chi connectivity index (χ1n) is 7.37. The molecule has 1 heterocycles. The number of rotatable bonds is 9. The predicted octanol–water partition coefficient (Wildman–Crippen LogP) is 0.461. The summed E-state index contributed by atoms with van der Waals surface area (Å²) >= 11 is 0. The second-order valence-corrected chi connectivity index (χ2v) is 5.38. The first-order valence-corrected chi connectivity index (χ1v) is 7.37. The van der Waals surface area contributed by atoms with E-state index in [9.17, 15) is 4.79 Å². The van der Waals surface area contributed by atoms with E-state index in [4.69, 9.17) is 4.74 Å². The lowest BCUT2D eigenvalue weighted by atomic mass is 9.93. The highest BCUT2D eigenvalue weighted by Crippen LogP contribution is 2.17. The van der Waals surface area contributed by atoms with Gasteiger partial charge in [0.05, 0.1) is 6.61 Å². The molecule has 1 aliphatic heterocycles. The minimum Gasteiger partial charge on any atom is -0.383 e. The molecule has 1 saturated heterocycles. The van der Waals surface area contributed by atoms with Gasteiger partial charge in [-0.05, 0) is 45.3 Å². The molecule has 0 aromatic heterocycles. The van der Waals surface area contributed by atoms with Gasteiger partial charge in [-0.15, -0.1) is 0 Å². The Morgan fingerprint density at radius 3 is 2.79 bits per heavy atom.